The minimum absolute atomic E-state index is 0.221. The number of carbonyl (C=O) groups is 1. The lowest BCUT2D eigenvalue weighted by Crippen LogP contribution is -2.01. The number of carbonyl (C=O) groups excluding carboxylic acids is 1. The normalized spacial score (nSPS) is 10.9. The van der Waals surface area contributed by atoms with Crippen molar-refractivity contribution >= 4 is 33.0 Å². The molecule has 4 rings (SSSR count). The number of nitrogens with zero attached hydrogens (tertiary/aromatic N) is 1. The number of thiophene rings is 1. The number of benzene rings is 2. The van der Waals surface area contributed by atoms with Crippen LogP contribution in [0.1, 0.15) is 15.2 Å². The van der Waals surface area contributed by atoms with Crippen LogP contribution in [0.4, 0.5) is 10.1 Å². The molecule has 0 amide bonds. The van der Waals surface area contributed by atoms with Gasteiger partial charge < -0.3 is 5.73 Å². The van der Waals surface area contributed by atoms with Crippen molar-refractivity contribution < 1.29 is 9.18 Å². The van der Waals surface area contributed by atoms with E-state index in [9.17, 15) is 9.18 Å². The SMILES string of the molecule is Nc1c(C(=O)c2ccc(F)cc2)sc2nc(-c3ccccc3)ccc12. The van der Waals surface area contributed by atoms with Gasteiger partial charge in [0.05, 0.1) is 11.4 Å². The van der Waals surface area contributed by atoms with Crippen molar-refractivity contribution in [3.8, 4) is 11.3 Å². The van der Waals surface area contributed by atoms with Crippen LogP contribution in [0, 0.1) is 5.82 Å². The zero-order valence-corrected chi connectivity index (χ0v) is 13.9. The highest BCUT2D eigenvalue weighted by molar-refractivity contribution is 7.21. The lowest BCUT2D eigenvalue weighted by molar-refractivity contribution is 0.104. The van der Waals surface area contributed by atoms with Gasteiger partial charge in [-0.3, -0.25) is 4.79 Å². The van der Waals surface area contributed by atoms with E-state index in [4.69, 9.17) is 5.73 Å². The first-order chi connectivity index (χ1) is 12.1. The highest BCUT2D eigenvalue weighted by Gasteiger charge is 2.19. The summed E-state index contributed by atoms with van der Waals surface area (Å²) in [6.45, 7) is 0. The fourth-order valence-electron chi connectivity index (χ4n) is 2.67. The zero-order chi connectivity index (χ0) is 17.4. The predicted molar refractivity (Wildman–Crippen MR) is 99.3 cm³/mol. The molecule has 0 atom stereocenters. The zero-order valence-electron chi connectivity index (χ0n) is 13.1. The van der Waals surface area contributed by atoms with Gasteiger partial charge in [0.15, 0.2) is 0 Å². The number of fused-ring (bicyclic) bond motifs is 1. The van der Waals surface area contributed by atoms with Crippen LogP contribution in [0.5, 0.6) is 0 Å². The topological polar surface area (TPSA) is 56.0 Å². The van der Waals surface area contributed by atoms with Gasteiger partial charge in [-0.25, -0.2) is 9.37 Å². The summed E-state index contributed by atoms with van der Waals surface area (Å²) in [7, 11) is 0. The molecule has 2 aromatic heterocycles. The second-order valence-electron chi connectivity index (χ2n) is 5.60. The van der Waals surface area contributed by atoms with E-state index in [0.29, 0.717) is 21.0 Å². The van der Waals surface area contributed by atoms with Crippen molar-refractivity contribution in [3.05, 3.63) is 83.0 Å². The smallest absolute Gasteiger partial charge is 0.205 e. The fourth-order valence-corrected chi connectivity index (χ4v) is 3.72. The van der Waals surface area contributed by atoms with Crippen molar-refractivity contribution in [2.24, 2.45) is 0 Å². The fraction of sp³-hybridized carbons (Fsp3) is 0. The summed E-state index contributed by atoms with van der Waals surface area (Å²) < 4.78 is 13.1. The van der Waals surface area contributed by atoms with Crippen LogP contribution < -0.4 is 5.73 Å². The Morgan fingerprint density at radius 3 is 2.40 bits per heavy atom. The molecule has 0 aliphatic carbocycles. The number of halogens is 1. The molecule has 122 valence electrons. The Morgan fingerprint density at radius 1 is 0.960 bits per heavy atom. The van der Waals surface area contributed by atoms with Gasteiger partial charge in [-0.1, -0.05) is 30.3 Å². The van der Waals surface area contributed by atoms with E-state index in [1.165, 1.54) is 35.6 Å². The molecule has 0 bridgehead atoms. The van der Waals surface area contributed by atoms with Gasteiger partial charge in [0, 0.05) is 16.5 Å². The summed E-state index contributed by atoms with van der Waals surface area (Å²) in [6.07, 6.45) is 0. The number of nitrogens with two attached hydrogens (primary N) is 1. The Hall–Kier alpha value is -3.05. The van der Waals surface area contributed by atoms with Gasteiger partial charge in [0.25, 0.3) is 0 Å². The largest absolute Gasteiger partial charge is 0.397 e. The standard InChI is InChI=1S/C20H13FN2OS/c21-14-8-6-13(7-9-14)18(24)19-17(22)15-10-11-16(23-20(15)25-19)12-4-2-1-3-5-12/h1-11H,22H2. The summed E-state index contributed by atoms with van der Waals surface area (Å²) in [5.41, 5.74) is 8.83. The molecule has 0 saturated heterocycles. The van der Waals surface area contributed by atoms with E-state index >= 15 is 0 Å². The van der Waals surface area contributed by atoms with Crippen molar-refractivity contribution in [1.82, 2.24) is 4.98 Å². The summed E-state index contributed by atoms with van der Waals surface area (Å²) >= 11 is 1.26. The number of hydrogen-bond donors (Lipinski definition) is 1. The van der Waals surface area contributed by atoms with E-state index in [0.717, 1.165) is 16.6 Å². The van der Waals surface area contributed by atoms with Gasteiger partial charge in [-0.15, -0.1) is 11.3 Å². The minimum atomic E-state index is -0.380. The molecule has 3 nitrogen and oxygen atoms in total. The Balaban J connectivity index is 1.79. The molecule has 5 heteroatoms. The van der Waals surface area contributed by atoms with Crippen molar-refractivity contribution in [1.29, 1.82) is 0 Å². The highest BCUT2D eigenvalue weighted by Crippen LogP contribution is 2.35. The van der Waals surface area contributed by atoms with Gasteiger partial charge in [-0.05, 0) is 36.4 Å². The molecule has 25 heavy (non-hydrogen) atoms. The predicted octanol–water partition coefficient (Wildman–Crippen LogP) is 4.92. The van der Waals surface area contributed by atoms with Crippen LogP contribution >= 0.6 is 11.3 Å². The Kier molecular flexibility index (Phi) is 3.78. The van der Waals surface area contributed by atoms with Crippen LogP contribution in [0.25, 0.3) is 21.5 Å². The molecule has 0 aliphatic rings. The third-order valence-electron chi connectivity index (χ3n) is 3.98. The molecule has 0 radical (unpaired) electrons. The van der Waals surface area contributed by atoms with Gasteiger partial charge in [-0.2, -0.15) is 0 Å². The average molecular weight is 348 g/mol. The molecular formula is C20H13FN2OS. The molecule has 0 saturated carbocycles. The molecule has 2 aromatic carbocycles. The van der Waals surface area contributed by atoms with Gasteiger partial charge >= 0.3 is 0 Å². The van der Waals surface area contributed by atoms with Gasteiger partial charge in [0.1, 0.15) is 15.5 Å². The molecule has 2 N–H and O–H groups in total. The first-order valence-corrected chi connectivity index (χ1v) is 8.50. The summed E-state index contributed by atoms with van der Waals surface area (Å²) in [6, 6.07) is 19.1. The second-order valence-corrected chi connectivity index (χ2v) is 6.60. The third kappa shape index (κ3) is 2.79. The Labute approximate surface area is 147 Å². The molecule has 0 aliphatic heterocycles. The Morgan fingerprint density at radius 2 is 1.68 bits per heavy atom. The quantitative estimate of drug-likeness (QED) is 0.535. The highest BCUT2D eigenvalue weighted by atomic mass is 32.1. The van der Waals surface area contributed by atoms with Crippen molar-refractivity contribution in [2.45, 2.75) is 0 Å². The molecule has 2 heterocycles. The number of hydrogen-bond acceptors (Lipinski definition) is 4. The maximum absolute atomic E-state index is 13.1. The van der Waals surface area contributed by atoms with E-state index in [1.54, 1.807) is 0 Å². The van der Waals surface area contributed by atoms with E-state index in [1.807, 2.05) is 42.5 Å². The average Bonchev–Trinajstić information content (AvgIpc) is 2.98. The maximum atomic E-state index is 13.1. The second kappa shape index (κ2) is 6.11. The minimum Gasteiger partial charge on any atom is -0.397 e. The Bertz CT molecular complexity index is 1070. The van der Waals surface area contributed by atoms with Crippen LogP contribution in [0.3, 0.4) is 0 Å². The van der Waals surface area contributed by atoms with Gasteiger partial charge in [0.2, 0.25) is 5.78 Å². The number of pyridine rings is 1. The van der Waals surface area contributed by atoms with Crippen molar-refractivity contribution in [2.75, 3.05) is 5.73 Å². The van der Waals surface area contributed by atoms with Crippen LogP contribution in [0.2, 0.25) is 0 Å². The van der Waals surface area contributed by atoms with E-state index in [-0.39, 0.29) is 11.6 Å². The maximum Gasteiger partial charge on any atom is 0.205 e. The molecular weight excluding hydrogens is 335 g/mol. The van der Waals surface area contributed by atoms with Crippen molar-refractivity contribution in [3.63, 3.8) is 0 Å². The number of rotatable bonds is 3. The first kappa shape index (κ1) is 15.5. The van der Waals surface area contributed by atoms with Crippen LogP contribution in [-0.2, 0) is 0 Å². The summed E-state index contributed by atoms with van der Waals surface area (Å²) in [5.74, 6) is -0.600. The summed E-state index contributed by atoms with van der Waals surface area (Å²) in [4.78, 5) is 18.5. The molecule has 0 fully saturated rings. The summed E-state index contributed by atoms with van der Waals surface area (Å²) in [5, 5.41) is 0.759. The first-order valence-electron chi connectivity index (χ1n) is 7.68. The van der Waals surface area contributed by atoms with Crippen LogP contribution in [-0.4, -0.2) is 10.8 Å². The lowest BCUT2D eigenvalue weighted by atomic mass is 10.1. The molecule has 0 unspecified atom stereocenters. The number of nitrogen functional groups attached to an aromatic ring is 1. The lowest BCUT2D eigenvalue weighted by Gasteiger charge is -2.00. The van der Waals surface area contributed by atoms with Crippen LogP contribution in [0.15, 0.2) is 66.7 Å². The number of anilines is 1. The third-order valence-corrected chi connectivity index (χ3v) is 5.09. The number of aromatic nitrogens is 1. The molecule has 0 spiro atoms. The van der Waals surface area contributed by atoms with E-state index in [2.05, 4.69) is 4.98 Å². The molecule has 4 aromatic rings. The van der Waals surface area contributed by atoms with E-state index < -0.39 is 0 Å². The monoisotopic (exact) mass is 348 g/mol. The number of ketones is 1.